The van der Waals surface area contributed by atoms with Crippen LogP contribution in [0, 0.1) is 10.1 Å². The van der Waals surface area contributed by atoms with E-state index in [-0.39, 0.29) is 30.9 Å². The molecule has 1 aromatic rings. The van der Waals surface area contributed by atoms with Gasteiger partial charge in [-0.25, -0.2) is 0 Å². The molecule has 0 bridgehead atoms. The van der Waals surface area contributed by atoms with Crippen LogP contribution in [-0.2, 0) is 16.0 Å². The van der Waals surface area contributed by atoms with E-state index in [0.29, 0.717) is 5.56 Å². The highest BCUT2D eigenvalue weighted by Crippen LogP contribution is 2.30. The van der Waals surface area contributed by atoms with Gasteiger partial charge in [0, 0.05) is 25.0 Å². The number of imide groups is 1. The first-order valence-electron chi connectivity index (χ1n) is 5.67. The number of hydrogen-bond acceptors (Lipinski definition) is 4. The van der Waals surface area contributed by atoms with Crippen LogP contribution in [0.1, 0.15) is 18.4 Å². The third-order valence-corrected chi connectivity index (χ3v) is 3.53. The van der Waals surface area contributed by atoms with Crippen LogP contribution in [0.4, 0.5) is 5.69 Å². The number of non-ortho nitro benzene ring substituents is 1. The fourth-order valence-electron chi connectivity index (χ4n) is 1.95. The predicted octanol–water partition coefficient (Wildman–Crippen LogP) is 1.55. The van der Waals surface area contributed by atoms with Crippen molar-refractivity contribution in [3.8, 4) is 0 Å². The Morgan fingerprint density at radius 2 is 1.95 bits per heavy atom. The molecule has 6 nitrogen and oxygen atoms in total. The summed E-state index contributed by atoms with van der Waals surface area (Å²) in [6, 6.07) is 5.85. The van der Waals surface area contributed by atoms with Gasteiger partial charge in [0.25, 0.3) is 5.69 Å². The second-order valence-corrected chi connectivity index (χ2v) is 5.17. The monoisotopic (exact) mass is 282 g/mol. The molecule has 0 aliphatic carbocycles. The summed E-state index contributed by atoms with van der Waals surface area (Å²) in [4.78, 5) is 31.7. The third-order valence-electron chi connectivity index (χ3n) is 3.04. The van der Waals surface area contributed by atoms with Crippen molar-refractivity contribution in [1.29, 1.82) is 0 Å². The molecule has 1 aromatic carbocycles. The average Bonchev–Trinajstić information content (AvgIpc) is 2.35. The maximum atomic E-state index is 11.7. The molecule has 100 valence electrons. The number of nitro groups is 1. The molecule has 1 saturated heterocycles. The summed E-state index contributed by atoms with van der Waals surface area (Å²) in [5.41, 5.74) is 0.695. The van der Waals surface area contributed by atoms with Crippen LogP contribution in [0.25, 0.3) is 0 Å². The van der Waals surface area contributed by atoms with Gasteiger partial charge in [0.05, 0.1) is 4.92 Å². The summed E-state index contributed by atoms with van der Waals surface area (Å²) in [6.45, 7) is 0. The highest BCUT2D eigenvalue weighted by molar-refractivity contribution is 6.36. The Morgan fingerprint density at radius 1 is 1.32 bits per heavy atom. The van der Waals surface area contributed by atoms with Crippen molar-refractivity contribution < 1.29 is 14.5 Å². The van der Waals surface area contributed by atoms with E-state index in [4.69, 9.17) is 11.6 Å². The number of amides is 2. The van der Waals surface area contributed by atoms with Crippen LogP contribution in [0.3, 0.4) is 0 Å². The van der Waals surface area contributed by atoms with Crippen LogP contribution in [0.5, 0.6) is 0 Å². The Bertz CT molecular complexity index is 543. The van der Waals surface area contributed by atoms with Gasteiger partial charge >= 0.3 is 0 Å². The maximum absolute atomic E-state index is 11.7. The van der Waals surface area contributed by atoms with Crippen molar-refractivity contribution in [2.24, 2.45) is 0 Å². The molecule has 1 fully saturated rings. The van der Waals surface area contributed by atoms with Crippen LogP contribution >= 0.6 is 11.6 Å². The van der Waals surface area contributed by atoms with Crippen LogP contribution in [-0.4, -0.2) is 21.6 Å². The van der Waals surface area contributed by atoms with Crippen molar-refractivity contribution in [3.05, 3.63) is 39.9 Å². The molecule has 0 spiro atoms. The van der Waals surface area contributed by atoms with E-state index < -0.39 is 15.7 Å². The number of rotatable bonds is 3. The number of nitrogens with one attached hydrogen (secondary N) is 1. The molecule has 1 N–H and O–H groups in total. The van der Waals surface area contributed by atoms with Gasteiger partial charge in [-0.15, -0.1) is 11.6 Å². The van der Waals surface area contributed by atoms with Crippen molar-refractivity contribution in [1.82, 2.24) is 5.32 Å². The number of carbonyl (C=O) groups excluding carboxylic acids is 2. The van der Waals surface area contributed by atoms with Gasteiger partial charge in [-0.2, -0.15) is 0 Å². The molecule has 0 radical (unpaired) electrons. The Balaban J connectivity index is 2.14. The van der Waals surface area contributed by atoms with Gasteiger partial charge in [0.2, 0.25) is 11.8 Å². The van der Waals surface area contributed by atoms with Crippen molar-refractivity contribution in [2.75, 3.05) is 0 Å². The molecule has 19 heavy (non-hydrogen) atoms. The first-order chi connectivity index (χ1) is 8.90. The fraction of sp³-hybridized carbons (Fsp3) is 0.333. The quantitative estimate of drug-likeness (QED) is 0.394. The Hall–Kier alpha value is -1.95. The minimum Gasteiger partial charge on any atom is -0.295 e. The molecule has 1 atom stereocenters. The van der Waals surface area contributed by atoms with Gasteiger partial charge in [-0.1, -0.05) is 12.1 Å². The SMILES string of the molecule is O=C1CCC(Cl)(Cc2ccc([N+](=O)[O-])cc2)C(=O)N1. The minimum atomic E-state index is -1.16. The number of halogens is 1. The first-order valence-corrected chi connectivity index (χ1v) is 6.05. The summed E-state index contributed by atoms with van der Waals surface area (Å²) in [7, 11) is 0. The van der Waals surface area contributed by atoms with Gasteiger partial charge in [0.15, 0.2) is 0 Å². The smallest absolute Gasteiger partial charge is 0.269 e. The zero-order chi connectivity index (χ0) is 14.0. The number of carbonyl (C=O) groups is 2. The summed E-state index contributed by atoms with van der Waals surface area (Å²) < 4.78 is 0. The summed E-state index contributed by atoms with van der Waals surface area (Å²) in [5, 5.41) is 12.7. The highest BCUT2D eigenvalue weighted by atomic mass is 35.5. The third kappa shape index (κ3) is 2.90. The van der Waals surface area contributed by atoms with E-state index >= 15 is 0 Å². The molecule has 0 aromatic heterocycles. The normalized spacial score (nSPS) is 23.0. The second-order valence-electron chi connectivity index (χ2n) is 4.44. The average molecular weight is 283 g/mol. The van der Waals surface area contributed by atoms with Crippen LogP contribution in [0.2, 0.25) is 0 Å². The molecular formula is C12H11ClN2O4. The number of hydrogen-bond donors (Lipinski definition) is 1. The molecule has 0 saturated carbocycles. The van der Waals surface area contributed by atoms with Gasteiger partial charge < -0.3 is 0 Å². The maximum Gasteiger partial charge on any atom is 0.269 e. The van der Waals surface area contributed by atoms with E-state index in [1.165, 1.54) is 12.1 Å². The molecule has 2 rings (SSSR count). The highest BCUT2D eigenvalue weighted by Gasteiger charge is 2.40. The van der Waals surface area contributed by atoms with Crippen molar-refractivity contribution in [2.45, 2.75) is 24.1 Å². The molecule has 1 unspecified atom stereocenters. The molecule has 2 amide bonds. The molecular weight excluding hydrogens is 272 g/mol. The van der Waals surface area contributed by atoms with Crippen LogP contribution < -0.4 is 5.32 Å². The number of nitrogens with zero attached hydrogens (tertiary/aromatic N) is 1. The van der Waals surface area contributed by atoms with Crippen molar-refractivity contribution in [3.63, 3.8) is 0 Å². The largest absolute Gasteiger partial charge is 0.295 e. The minimum absolute atomic E-state index is 0.0179. The number of alkyl halides is 1. The fourth-order valence-corrected chi connectivity index (χ4v) is 2.25. The van der Waals surface area contributed by atoms with Gasteiger partial charge in [0.1, 0.15) is 4.87 Å². The standard InChI is InChI=1S/C12H11ClN2O4/c13-12(6-5-10(16)14-11(12)17)7-8-1-3-9(4-2-8)15(18)19/h1-4H,5-7H2,(H,14,16,17). The molecule has 1 aliphatic heterocycles. The zero-order valence-electron chi connectivity index (χ0n) is 9.89. The number of piperidine rings is 1. The predicted molar refractivity (Wildman–Crippen MR) is 67.8 cm³/mol. The lowest BCUT2D eigenvalue weighted by atomic mass is 9.90. The topological polar surface area (TPSA) is 89.3 Å². The lowest BCUT2D eigenvalue weighted by molar-refractivity contribution is -0.384. The number of nitro benzene ring substituents is 1. The van der Waals surface area contributed by atoms with E-state index in [1.807, 2.05) is 0 Å². The summed E-state index contributed by atoms with van der Waals surface area (Å²) in [5.74, 6) is -0.839. The lowest BCUT2D eigenvalue weighted by Gasteiger charge is -2.29. The zero-order valence-corrected chi connectivity index (χ0v) is 10.6. The summed E-state index contributed by atoms with van der Waals surface area (Å²) >= 11 is 6.23. The molecule has 1 heterocycles. The number of benzene rings is 1. The van der Waals surface area contributed by atoms with E-state index in [0.717, 1.165) is 0 Å². The Labute approximate surface area is 113 Å². The van der Waals surface area contributed by atoms with Gasteiger partial charge in [-0.3, -0.25) is 25.0 Å². The summed E-state index contributed by atoms with van der Waals surface area (Å²) in [6.07, 6.45) is 0.685. The second kappa shape index (κ2) is 4.97. The van der Waals surface area contributed by atoms with Crippen LogP contribution in [0.15, 0.2) is 24.3 Å². The Morgan fingerprint density at radius 3 is 2.47 bits per heavy atom. The first kappa shape index (κ1) is 13.5. The Kier molecular flexibility index (Phi) is 3.53. The van der Waals surface area contributed by atoms with E-state index in [1.54, 1.807) is 12.1 Å². The van der Waals surface area contributed by atoms with Crippen molar-refractivity contribution >= 4 is 29.1 Å². The van der Waals surface area contributed by atoms with Gasteiger partial charge in [-0.05, 0) is 12.0 Å². The molecule has 1 aliphatic rings. The van der Waals surface area contributed by atoms with E-state index in [2.05, 4.69) is 5.32 Å². The van der Waals surface area contributed by atoms with E-state index in [9.17, 15) is 19.7 Å². The molecule has 7 heteroatoms. The lowest BCUT2D eigenvalue weighted by Crippen LogP contribution is -2.51.